The second-order valence-corrected chi connectivity index (χ2v) is 16.4. The molecule has 0 aliphatic heterocycles. The summed E-state index contributed by atoms with van der Waals surface area (Å²) in [4.78, 5) is 25.9. The van der Waals surface area contributed by atoms with Crippen LogP contribution in [0.4, 0.5) is 0 Å². The third-order valence-electron chi connectivity index (χ3n) is 11.6. The Balaban J connectivity index is 4.36. The quantitative estimate of drug-likeness (QED) is 0.0354. The molecule has 0 aromatic carbocycles. The molecule has 0 spiro atoms. The van der Waals surface area contributed by atoms with Gasteiger partial charge in [0.15, 0.2) is 0 Å². The van der Waals surface area contributed by atoms with Crippen molar-refractivity contribution in [2.75, 3.05) is 0 Å². The van der Waals surface area contributed by atoms with E-state index in [4.69, 9.17) is 9.47 Å². The zero-order valence-corrected chi connectivity index (χ0v) is 37.4. The molecule has 0 aliphatic rings. The zero-order chi connectivity index (χ0) is 39.7. The first-order valence-corrected chi connectivity index (χ1v) is 24.2. The zero-order valence-electron chi connectivity index (χ0n) is 37.4. The highest BCUT2D eigenvalue weighted by atomic mass is 16.5. The Bertz CT molecular complexity index is 817. The summed E-state index contributed by atoms with van der Waals surface area (Å²) in [6, 6.07) is 0. The number of carbonyl (C=O) groups excluding carboxylic acids is 2. The van der Waals surface area contributed by atoms with Crippen LogP contribution in [-0.2, 0) is 19.1 Å². The highest BCUT2D eigenvalue weighted by Gasteiger charge is 2.23. The Hall–Kier alpha value is -1.58. The van der Waals surface area contributed by atoms with Crippen molar-refractivity contribution in [2.45, 2.75) is 285 Å². The van der Waals surface area contributed by atoms with Gasteiger partial charge in [0.25, 0.3) is 0 Å². The smallest absolute Gasteiger partial charge is 0.306 e. The van der Waals surface area contributed by atoms with Gasteiger partial charge in [-0.25, -0.2) is 0 Å². The summed E-state index contributed by atoms with van der Waals surface area (Å²) in [6.07, 6.45) is 47.2. The Labute approximate surface area is 338 Å². The van der Waals surface area contributed by atoms with Crippen LogP contribution in [0.5, 0.6) is 0 Å². The van der Waals surface area contributed by atoms with Gasteiger partial charge < -0.3 is 9.47 Å². The molecule has 318 valence electrons. The summed E-state index contributed by atoms with van der Waals surface area (Å²) in [5, 5.41) is 0. The second-order valence-electron chi connectivity index (χ2n) is 16.4. The number of unbranched alkanes of at least 4 members (excludes halogenated alkanes) is 28. The molecular weight excluding hydrogens is 665 g/mol. The first-order valence-electron chi connectivity index (χ1n) is 24.2. The topological polar surface area (TPSA) is 52.6 Å². The number of carbonyl (C=O) groups is 2. The van der Waals surface area contributed by atoms with Gasteiger partial charge in [0.2, 0.25) is 0 Å². The van der Waals surface area contributed by atoms with Crippen LogP contribution >= 0.6 is 0 Å². The fraction of sp³-hybridized carbons (Fsp3) is 0.880. The van der Waals surface area contributed by atoms with Crippen molar-refractivity contribution in [2.24, 2.45) is 0 Å². The summed E-state index contributed by atoms with van der Waals surface area (Å²) < 4.78 is 12.2. The molecule has 0 heterocycles. The number of rotatable bonds is 41. The molecule has 54 heavy (non-hydrogen) atoms. The lowest BCUT2D eigenvalue weighted by molar-refractivity contribution is -0.151. The van der Waals surface area contributed by atoms with Crippen molar-refractivity contribution < 1.29 is 19.1 Å². The normalized spacial score (nSPS) is 13.3. The van der Waals surface area contributed by atoms with Gasteiger partial charge in [-0.1, -0.05) is 220 Å². The van der Waals surface area contributed by atoms with Gasteiger partial charge in [-0.15, -0.1) is 0 Å². The summed E-state index contributed by atoms with van der Waals surface area (Å²) in [5.74, 6) is -0.183. The molecule has 0 radical (unpaired) electrons. The minimum atomic E-state index is -0.254. The average Bonchev–Trinajstić information content (AvgIpc) is 3.17. The molecule has 0 amide bonds. The third kappa shape index (κ3) is 32.6. The standard InChI is InChI=1S/C50H94O4/c1-7-13-15-17-19-21-23-25-27-29-31-33-35-37-39-41-49(51)53-47(45(9-3)10-4)43-44-48(46(11-5)12-6)54-50(52)42-40-38-36-34-32-30-28-26-24-22-20-18-16-14-8-2/h9,11,47-48H,7-8,10,12-44H2,1-6H3. The summed E-state index contributed by atoms with van der Waals surface area (Å²) in [5.41, 5.74) is 2.31. The Kier molecular flexibility index (Phi) is 39.9. The van der Waals surface area contributed by atoms with E-state index in [1.807, 2.05) is 13.8 Å². The van der Waals surface area contributed by atoms with Crippen molar-refractivity contribution in [3.8, 4) is 0 Å². The van der Waals surface area contributed by atoms with Gasteiger partial charge in [0.1, 0.15) is 12.2 Å². The molecule has 0 aromatic rings. The minimum absolute atomic E-state index is 0.0917. The van der Waals surface area contributed by atoms with Crippen LogP contribution in [0.15, 0.2) is 23.3 Å². The number of hydrogen-bond donors (Lipinski definition) is 0. The Morgan fingerprint density at radius 2 is 0.593 bits per heavy atom. The summed E-state index contributed by atoms with van der Waals surface area (Å²) >= 11 is 0. The van der Waals surface area contributed by atoms with Crippen molar-refractivity contribution >= 4 is 11.9 Å². The number of hydrogen-bond acceptors (Lipinski definition) is 4. The number of esters is 2. The first-order chi connectivity index (χ1) is 26.5. The number of allylic oxidation sites excluding steroid dienone is 2. The van der Waals surface area contributed by atoms with E-state index >= 15 is 0 Å². The van der Waals surface area contributed by atoms with E-state index < -0.39 is 0 Å². The average molecular weight is 759 g/mol. The van der Waals surface area contributed by atoms with Crippen molar-refractivity contribution in [1.82, 2.24) is 0 Å². The maximum absolute atomic E-state index is 13.0. The molecule has 0 saturated heterocycles. The molecule has 0 aliphatic carbocycles. The van der Waals surface area contributed by atoms with Crippen LogP contribution in [0, 0.1) is 0 Å². The monoisotopic (exact) mass is 759 g/mol. The molecular formula is C50H94O4. The number of ether oxygens (including phenoxy) is 2. The first kappa shape index (κ1) is 52.4. The fourth-order valence-corrected chi connectivity index (χ4v) is 7.89. The lowest BCUT2D eigenvalue weighted by Gasteiger charge is -2.25. The van der Waals surface area contributed by atoms with E-state index in [0.29, 0.717) is 25.7 Å². The lowest BCUT2D eigenvalue weighted by atomic mass is 9.96. The van der Waals surface area contributed by atoms with Gasteiger partial charge in [-0.3, -0.25) is 9.59 Å². The summed E-state index contributed by atoms with van der Waals surface area (Å²) in [6.45, 7) is 12.9. The lowest BCUT2D eigenvalue weighted by Crippen LogP contribution is -2.26. The van der Waals surface area contributed by atoms with Gasteiger partial charge in [0.05, 0.1) is 0 Å². The van der Waals surface area contributed by atoms with Crippen LogP contribution in [-0.4, -0.2) is 24.1 Å². The maximum atomic E-state index is 13.0. The minimum Gasteiger partial charge on any atom is -0.458 e. The molecule has 2 unspecified atom stereocenters. The van der Waals surface area contributed by atoms with Crippen LogP contribution in [0.25, 0.3) is 0 Å². The van der Waals surface area contributed by atoms with E-state index in [1.54, 1.807) is 0 Å². The molecule has 0 bridgehead atoms. The van der Waals surface area contributed by atoms with Crippen molar-refractivity contribution in [3.05, 3.63) is 23.3 Å². The van der Waals surface area contributed by atoms with E-state index in [-0.39, 0.29) is 24.1 Å². The Morgan fingerprint density at radius 1 is 0.370 bits per heavy atom. The highest BCUT2D eigenvalue weighted by Crippen LogP contribution is 2.25. The van der Waals surface area contributed by atoms with Crippen molar-refractivity contribution in [1.29, 1.82) is 0 Å². The van der Waals surface area contributed by atoms with Crippen LogP contribution < -0.4 is 0 Å². The van der Waals surface area contributed by atoms with Crippen LogP contribution in [0.3, 0.4) is 0 Å². The fourth-order valence-electron chi connectivity index (χ4n) is 7.89. The third-order valence-corrected chi connectivity index (χ3v) is 11.6. The van der Waals surface area contributed by atoms with Gasteiger partial charge in [0, 0.05) is 12.8 Å². The molecule has 0 saturated carbocycles. The SMILES string of the molecule is CC=C(CC)C(CCC(OC(=O)CCCCCCCCCCCCCCCCC)C(=CC)CC)OC(=O)CCCCCCCCCCCCCCCCC. The Morgan fingerprint density at radius 3 is 0.796 bits per heavy atom. The predicted molar refractivity (Wildman–Crippen MR) is 236 cm³/mol. The molecule has 4 heteroatoms. The second kappa shape index (κ2) is 41.1. The molecule has 2 atom stereocenters. The van der Waals surface area contributed by atoms with Crippen molar-refractivity contribution in [3.63, 3.8) is 0 Å². The molecule has 4 nitrogen and oxygen atoms in total. The summed E-state index contributed by atoms with van der Waals surface area (Å²) in [7, 11) is 0. The van der Waals surface area contributed by atoms with Gasteiger partial charge >= 0.3 is 11.9 Å². The largest absolute Gasteiger partial charge is 0.458 e. The molecule has 0 N–H and O–H groups in total. The highest BCUT2D eigenvalue weighted by molar-refractivity contribution is 5.70. The van der Waals surface area contributed by atoms with Crippen LogP contribution in [0.2, 0.25) is 0 Å². The molecule has 0 rings (SSSR count). The molecule has 0 aromatic heterocycles. The van der Waals surface area contributed by atoms with E-state index in [2.05, 4.69) is 39.8 Å². The molecule has 0 fully saturated rings. The maximum Gasteiger partial charge on any atom is 0.306 e. The van der Waals surface area contributed by atoms with Gasteiger partial charge in [-0.05, 0) is 63.5 Å². The van der Waals surface area contributed by atoms with E-state index in [1.165, 1.54) is 167 Å². The predicted octanol–water partition coefficient (Wildman–Crippen LogP) is 16.8. The van der Waals surface area contributed by atoms with E-state index in [0.717, 1.165) is 49.7 Å². The van der Waals surface area contributed by atoms with Gasteiger partial charge in [-0.2, -0.15) is 0 Å². The van der Waals surface area contributed by atoms with E-state index in [9.17, 15) is 9.59 Å². The van der Waals surface area contributed by atoms with Crippen LogP contribution in [0.1, 0.15) is 273 Å².